The molecule has 26 heavy (non-hydrogen) atoms. The number of amides is 1. The molecule has 1 saturated heterocycles. The van der Waals surface area contributed by atoms with Gasteiger partial charge in [-0.2, -0.15) is 8.42 Å². The zero-order chi connectivity index (χ0) is 18.9. The first kappa shape index (κ1) is 18.2. The minimum absolute atomic E-state index is 0.0737. The van der Waals surface area contributed by atoms with E-state index >= 15 is 0 Å². The van der Waals surface area contributed by atoms with Gasteiger partial charge in [0.1, 0.15) is 18.1 Å². The summed E-state index contributed by atoms with van der Waals surface area (Å²) in [5.41, 5.74) is 1.14. The summed E-state index contributed by atoms with van der Waals surface area (Å²) in [4.78, 5) is 22.4. The molecule has 0 saturated carbocycles. The van der Waals surface area contributed by atoms with Crippen LogP contribution in [-0.4, -0.2) is 31.8 Å². The monoisotopic (exact) mass is 376 g/mol. The summed E-state index contributed by atoms with van der Waals surface area (Å²) in [5.74, 6) is -0.658. The standard InChI is InChI=1S/C18H20N2O5S/c1-12(21)4-2-3-5-13-6-7-14-10-17(22)16(9-15(14)8-13)20-11-18(23)19-26(20,24)25/h6-10,22H,2-5,11H2,1H3,(H,19,23). The molecule has 2 aromatic carbocycles. The van der Waals surface area contributed by atoms with E-state index in [2.05, 4.69) is 0 Å². The SMILES string of the molecule is CC(=O)CCCCc1ccc2cc(O)c(N3CC(=O)NS3(=O)=O)cc2c1. The van der Waals surface area contributed by atoms with Gasteiger partial charge in [0.25, 0.3) is 5.91 Å². The molecule has 1 aliphatic rings. The van der Waals surface area contributed by atoms with Crippen LogP contribution in [0.1, 0.15) is 31.7 Å². The van der Waals surface area contributed by atoms with E-state index < -0.39 is 16.1 Å². The van der Waals surface area contributed by atoms with Crippen LogP contribution in [0, 0.1) is 0 Å². The Balaban J connectivity index is 1.88. The van der Waals surface area contributed by atoms with Crippen molar-refractivity contribution in [3.05, 3.63) is 35.9 Å². The number of carbonyl (C=O) groups excluding carboxylic acids is 2. The number of carbonyl (C=O) groups is 2. The maximum absolute atomic E-state index is 12.0. The van der Waals surface area contributed by atoms with E-state index in [1.165, 1.54) is 6.07 Å². The van der Waals surface area contributed by atoms with Crippen LogP contribution < -0.4 is 9.03 Å². The predicted octanol–water partition coefficient (Wildman–Crippen LogP) is 2.03. The number of fused-ring (bicyclic) bond motifs is 1. The quantitative estimate of drug-likeness (QED) is 0.751. The van der Waals surface area contributed by atoms with Gasteiger partial charge >= 0.3 is 10.2 Å². The average Bonchev–Trinajstić information content (AvgIpc) is 2.83. The molecule has 3 rings (SSSR count). The Bertz CT molecular complexity index is 984. The Morgan fingerprint density at radius 2 is 1.96 bits per heavy atom. The predicted molar refractivity (Wildman–Crippen MR) is 98.3 cm³/mol. The molecule has 1 amide bonds. The first-order valence-electron chi connectivity index (χ1n) is 8.35. The molecule has 0 bridgehead atoms. The lowest BCUT2D eigenvalue weighted by molar-refractivity contribution is -0.118. The van der Waals surface area contributed by atoms with Gasteiger partial charge in [-0.1, -0.05) is 18.2 Å². The van der Waals surface area contributed by atoms with E-state index in [1.807, 2.05) is 22.9 Å². The highest BCUT2D eigenvalue weighted by atomic mass is 32.2. The summed E-state index contributed by atoms with van der Waals surface area (Å²) in [6.45, 7) is 1.22. The summed E-state index contributed by atoms with van der Waals surface area (Å²) in [6, 6.07) is 8.81. The van der Waals surface area contributed by atoms with E-state index in [-0.39, 0.29) is 23.8 Å². The number of rotatable bonds is 6. The van der Waals surface area contributed by atoms with Crippen LogP contribution in [0.2, 0.25) is 0 Å². The third-order valence-corrected chi connectivity index (χ3v) is 5.72. The van der Waals surface area contributed by atoms with Crippen LogP contribution in [0.25, 0.3) is 10.8 Å². The highest BCUT2D eigenvalue weighted by Gasteiger charge is 2.35. The van der Waals surface area contributed by atoms with Gasteiger partial charge in [0.2, 0.25) is 0 Å². The minimum atomic E-state index is -3.97. The Morgan fingerprint density at radius 3 is 2.62 bits per heavy atom. The molecule has 1 heterocycles. The van der Waals surface area contributed by atoms with Gasteiger partial charge < -0.3 is 9.90 Å². The van der Waals surface area contributed by atoms with Crippen LogP contribution >= 0.6 is 0 Å². The molecule has 1 aliphatic heterocycles. The van der Waals surface area contributed by atoms with Crippen LogP contribution in [0.15, 0.2) is 30.3 Å². The lowest BCUT2D eigenvalue weighted by atomic mass is 10.0. The summed E-state index contributed by atoms with van der Waals surface area (Å²) in [6.07, 6.45) is 3.09. The Labute approximate surface area is 151 Å². The van der Waals surface area contributed by atoms with E-state index in [0.717, 1.165) is 39.9 Å². The number of nitrogens with one attached hydrogen (secondary N) is 1. The lowest BCUT2D eigenvalue weighted by Crippen LogP contribution is -2.29. The van der Waals surface area contributed by atoms with Gasteiger partial charge in [0, 0.05) is 6.42 Å². The number of nitrogens with zero attached hydrogens (tertiary/aromatic N) is 1. The second kappa shape index (κ2) is 6.95. The fraction of sp³-hybridized carbons (Fsp3) is 0.333. The summed E-state index contributed by atoms with van der Waals surface area (Å²) in [7, 11) is -3.97. The first-order valence-corrected chi connectivity index (χ1v) is 9.79. The van der Waals surface area contributed by atoms with Crippen molar-refractivity contribution in [3.63, 3.8) is 0 Å². The minimum Gasteiger partial charge on any atom is -0.506 e. The molecule has 8 heteroatoms. The van der Waals surface area contributed by atoms with E-state index in [0.29, 0.717) is 6.42 Å². The number of unbranched alkanes of at least 4 members (excludes halogenated alkanes) is 1. The topological polar surface area (TPSA) is 104 Å². The molecule has 0 atom stereocenters. The largest absolute Gasteiger partial charge is 0.506 e. The third-order valence-electron chi connectivity index (χ3n) is 4.33. The summed E-state index contributed by atoms with van der Waals surface area (Å²) in [5, 5.41) is 11.8. The van der Waals surface area contributed by atoms with Gasteiger partial charge in [0.05, 0.1) is 5.69 Å². The highest BCUT2D eigenvalue weighted by molar-refractivity contribution is 7.92. The second-order valence-corrected chi connectivity index (χ2v) is 8.06. The van der Waals surface area contributed by atoms with Crippen molar-refractivity contribution in [2.24, 2.45) is 0 Å². The molecule has 0 aromatic heterocycles. The third kappa shape index (κ3) is 3.80. The van der Waals surface area contributed by atoms with Gasteiger partial charge in [-0.15, -0.1) is 0 Å². The molecule has 7 nitrogen and oxygen atoms in total. The zero-order valence-electron chi connectivity index (χ0n) is 14.4. The molecular weight excluding hydrogens is 356 g/mol. The van der Waals surface area contributed by atoms with Gasteiger partial charge in [0.15, 0.2) is 0 Å². The number of ketones is 1. The van der Waals surface area contributed by atoms with Crippen molar-refractivity contribution in [1.82, 2.24) is 4.72 Å². The van der Waals surface area contributed by atoms with Crippen molar-refractivity contribution < 1.29 is 23.1 Å². The molecule has 2 aromatic rings. The molecule has 0 spiro atoms. The fourth-order valence-corrected chi connectivity index (χ4v) is 4.20. The normalized spacial score (nSPS) is 16.0. The summed E-state index contributed by atoms with van der Waals surface area (Å²) < 4.78 is 26.8. The van der Waals surface area contributed by atoms with E-state index in [9.17, 15) is 23.1 Å². The van der Waals surface area contributed by atoms with Gasteiger partial charge in [-0.05, 0) is 54.7 Å². The fourth-order valence-electron chi connectivity index (χ4n) is 3.04. The van der Waals surface area contributed by atoms with Crippen molar-refractivity contribution in [1.29, 1.82) is 0 Å². The van der Waals surface area contributed by atoms with Crippen LogP contribution in [0.3, 0.4) is 0 Å². The molecule has 0 unspecified atom stereocenters. The maximum Gasteiger partial charge on any atom is 0.326 e. The number of phenols is 1. The molecule has 0 aliphatic carbocycles. The van der Waals surface area contributed by atoms with Crippen LogP contribution in [-0.2, 0) is 26.2 Å². The molecule has 138 valence electrons. The number of Topliss-reactive ketones (excluding diaryl/α,β-unsaturated/α-hetero) is 1. The van der Waals surface area contributed by atoms with Crippen LogP contribution in [0.5, 0.6) is 5.75 Å². The van der Waals surface area contributed by atoms with E-state index in [4.69, 9.17) is 0 Å². The smallest absolute Gasteiger partial charge is 0.326 e. The van der Waals surface area contributed by atoms with Crippen molar-refractivity contribution >= 4 is 38.4 Å². The number of hydrogen-bond donors (Lipinski definition) is 2. The number of aryl methyl sites for hydroxylation is 1. The van der Waals surface area contributed by atoms with Crippen molar-refractivity contribution in [2.45, 2.75) is 32.6 Å². The number of hydrogen-bond acceptors (Lipinski definition) is 5. The van der Waals surface area contributed by atoms with Gasteiger partial charge in [-0.3, -0.25) is 4.79 Å². The van der Waals surface area contributed by atoms with Gasteiger partial charge in [-0.25, -0.2) is 9.03 Å². The number of anilines is 1. The lowest BCUT2D eigenvalue weighted by Gasteiger charge is -2.17. The van der Waals surface area contributed by atoms with Crippen molar-refractivity contribution in [2.75, 3.05) is 10.8 Å². The Morgan fingerprint density at radius 1 is 1.19 bits per heavy atom. The highest BCUT2D eigenvalue weighted by Crippen LogP contribution is 2.35. The molecule has 0 radical (unpaired) electrons. The molecule has 2 N–H and O–H groups in total. The maximum atomic E-state index is 12.0. The van der Waals surface area contributed by atoms with E-state index in [1.54, 1.807) is 13.0 Å². The average molecular weight is 376 g/mol. The Hall–Kier alpha value is -2.61. The number of aromatic hydroxyl groups is 1. The number of phenolic OH excluding ortho intramolecular Hbond substituents is 1. The summed E-state index contributed by atoms with van der Waals surface area (Å²) >= 11 is 0. The molecular formula is C18H20N2O5S. The van der Waals surface area contributed by atoms with Crippen molar-refractivity contribution in [3.8, 4) is 5.75 Å². The number of benzene rings is 2. The second-order valence-electron chi connectivity index (χ2n) is 6.47. The van der Waals surface area contributed by atoms with Crippen LogP contribution in [0.4, 0.5) is 5.69 Å². The molecule has 1 fully saturated rings. The first-order chi connectivity index (χ1) is 12.3. The Kier molecular flexibility index (Phi) is 4.86. The zero-order valence-corrected chi connectivity index (χ0v) is 15.2.